The molecule has 0 bridgehead atoms. The summed E-state index contributed by atoms with van der Waals surface area (Å²) in [5, 5.41) is 5.07. The summed E-state index contributed by atoms with van der Waals surface area (Å²) in [7, 11) is -3.75. The molecule has 0 spiro atoms. The molecule has 0 aliphatic heterocycles. The second kappa shape index (κ2) is 6.86. The number of oxazole rings is 1. The van der Waals surface area contributed by atoms with Gasteiger partial charge in [0.15, 0.2) is 0 Å². The monoisotopic (exact) mass is 339 g/mol. The molecule has 0 fully saturated rings. The number of nitrogens with zero attached hydrogens (tertiary/aromatic N) is 1. The normalized spacial score (nSPS) is 11.0. The molecule has 0 aliphatic carbocycles. The molecule has 0 atom stereocenters. The number of rotatable bonds is 3. The summed E-state index contributed by atoms with van der Waals surface area (Å²) >= 11 is 0. The van der Waals surface area contributed by atoms with Crippen LogP contribution in [0.1, 0.15) is 0 Å². The van der Waals surface area contributed by atoms with Crippen LogP contribution in [0.25, 0.3) is 16.9 Å². The zero-order valence-corrected chi connectivity index (χ0v) is 15.2. The second-order valence-electron chi connectivity index (χ2n) is 4.63. The Morgan fingerprint density at radius 1 is 0.957 bits per heavy atom. The maximum absolute atomic E-state index is 11.9. The average molecular weight is 339 g/mol. The Morgan fingerprint density at radius 3 is 2.13 bits per heavy atom. The van der Waals surface area contributed by atoms with Crippen LogP contribution in [0.15, 0.2) is 75.0 Å². The quantitative estimate of drug-likeness (QED) is 0.729. The number of aromatic nitrogens is 1. The molecule has 23 heavy (non-hydrogen) atoms. The van der Waals surface area contributed by atoms with Crippen molar-refractivity contribution >= 4 is 39.6 Å². The van der Waals surface area contributed by atoms with Gasteiger partial charge in [-0.15, -0.1) is 0 Å². The van der Waals surface area contributed by atoms with Gasteiger partial charge in [0, 0.05) is 35.1 Å². The van der Waals surface area contributed by atoms with Crippen molar-refractivity contribution in [2.45, 2.75) is 4.90 Å². The molecule has 1 heterocycles. The minimum absolute atomic E-state index is 0. The first-order valence-corrected chi connectivity index (χ1v) is 7.90. The topological polar surface area (TPSA) is 95.3 Å². The van der Waals surface area contributed by atoms with Crippen molar-refractivity contribution in [1.82, 2.24) is 4.57 Å². The van der Waals surface area contributed by atoms with Gasteiger partial charge in [0.25, 0.3) is 0 Å². The van der Waals surface area contributed by atoms with Crippen LogP contribution in [-0.4, -0.2) is 42.5 Å². The molecule has 0 saturated carbocycles. The van der Waals surface area contributed by atoms with E-state index in [1.54, 1.807) is 24.3 Å². The van der Waals surface area contributed by atoms with Crippen molar-refractivity contribution in [3.8, 4) is 16.9 Å². The van der Waals surface area contributed by atoms with Crippen LogP contribution in [-0.2, 0) is 10.0 Å². The van der Waals surface area contributed by atoms with Gasteiger partial charge in [-0.25, -0.2) is 22.9 Å². The molecule has 0 saturated heterocycles. The second-order valence-corrected chi connectivity index (χ2v) is 6.19. The molecule has 6 nitrogen and oxygen atoms in total. The van der Waals surface area contributed by atoms with Crippen LogP contribution >= 0.6 is 0 Å². The van der Waals surface area contributed by atoms with Crippen molar-refractivity contribution in [1.29, 1.82) is 0 Å². The molecule has 3 rings (SSSR count). The van der Waals surface area contributed by atoms with Gasteiger partial charge in [0.1, 0.15) is 6.26 Å². The Balaban J connectivity index is 0.00000192. The average Bonchev–Trinajstić information content (AvgIpc) is 2.89. The van der Waals surface area contributed by atoms with Crippen molar-refractivity contribution in [3.63, 3.8) is 0 Å². The van der Waals surface area contributed by atoms with Crippen LogP contribution in [0, 0.1) is 0 Å². The van der Waals surface area contributed by atoms with Gasteiger partial charge in [-0.1, -0.05) is 30.3 Å². The van der Waals surface area contributed by atoms with Crippen LogP contribution in [0.4, 0.5) is 0 Å². The summed E-state index contributed by atoms with van der Waals surface area (Å²) in [4.78, 5) is 11.9. The Bertz CT molecular complexity index is 961. The molecule has 0 amide bonds. The van der Waals surface area contributed by atoms with E-state index in [4.69, 9.17) is 9.56 Å². The summed E-state index contributed by atoms with van der Waals surface area (Å²) in [6.45, 7) is 0. The Morgan fingerprint density at radius 2 is 1.57 bits per heavy atom. The Hall–Kier alpha value is -1.64. The largest absolute Gasteiger partial charge is 0.424 e. The summed E-state index contributed by atoms with van der Waals surface area (Å²) in [6, 6.07) is 14.9. The van der Waals surface area contributed by atoms with Gasteiger partial charge in [-0.3, -0.25) is 0 Å². The number of sulfonamides is 1. The van der Waals surface area contributed by atoms with Crippen LogP contribution in [0.3, 0.4) is 0 Å². The SMILES string of the molecule is NS(=O)(=O)c1ccc(-c2coc(=O)n2-c2ccccc2)cc1.[Na]. The molecule has 0 aliphatic rings. The third-order valence-electron chi connectivity index (χ3n) is 3.19. The van der Waals surface area contributed by atoms with Gasteiger partial charge in [0.05, 0.1) is 16.3 Å². The van der Waals surface area contributed by atoms with E-state index in [2.05, 4.69) is 0 Å². The zero-order valence-electron chi connectivity index (χ0n) is 12.3. The number of hydrogen-bond donors (Lipinski definition) is 1. The number of benzene rings is 2. The molecule has 2 aromatic carbocycles. The molecule has 3 aromatic rings. The fourth-order valence-electron chi connectivity index (χ4n) is 2.14. The van der Waals surface area contributed by atoms with E-state index in [1.165, 1.54) is 23.0 Å². The molecule has 1 aromatic heterocycles. The van der Waals surface area contributed by atoms with Crippen molar-refractivity contribution in [2.24, 2.45) is 5.14 Å². The number of hydrogen-bond acceptors (Lipinski definition) is 4. The summed E-state index contributed by atoms with van der Waals surface area (Å²) in [6.07, 6.45) is 1.33. The predicted octanol–water partition coefficient (Wildman–Crippen LogP) is 1.36. The first-order valence-electron chi connectivity index (χ1n) is 6.36. The number of primary sulfonamides is 1. The fraction of sp³-hybridized carbons (Fsp3) is 0. The summed E-state index contributed by atoms with van der Waals surface area (Å²) in [5.74, 6) is -0.517. The van der Waals surface area contributed by atoms with Gasteiger partial charge < -0.3 is 4.42 Å². The summed E-state index contributed by atoms with van der Waals surface area (Å²) < 4.78 is 28.9. The number of para-hydroxylation sites is 1. The minimum atomic E-state index is -3.75. The zero-order chi connectivity index (χ0) is 15.7. The van der Waals surface area contributed by atoms with Crippen LogP contribution in [0.2, 0.25) is 0 Å². The van der Waals surface area contributed by atoms with Gasteiger partial charge in [-0.05, 0) is 24.3 Å². The van der Waals surface area contributed by atoms with Crippen LogP contribution in [0.5, 0.6) is 0 Å². The van der Waals surface area contributed by atoms with Crippen molar-refractivity contribution in [2.75, 3.05) is 0 Å². The molecule has 2 N–H and O–H groups in total. The van der Waals surface area contributed by atoms with Gasteiger partial charge in [-0.2, -0.15) is 0 Å². The maximum atomic E-state index is 11.9. The molecule has 1 radical (unpaired) electrons. The Kier molecular flexibility index (Phi) is 5.28. The standard InChI is InChI=1S/C15H12N2O4S.Na/c16-22(19,20)13-8-6-11(7-9-13)14-10-21-15(18)17(14)12-4-2-1-3-5-12;/h1-10H,(H2,16,19,20);. The van der Waals surface area contributed by atoms with E-state index in [0.29, 0.717) is 16.9 Å². The fourth-order valence-corrected chi connectivity index (χ4v) is 2.66. The van der Waals surface area contributed by atoms with Gasteiger partial charge in [0.2, 0.25) is 10.0 Å². The van der Waals surface area contributed by atoms with Crippen LogP contribution < -0.4 is 10.9 Å². The number of nitrogens with two attached hydrogens (primary N) is 1. The van der Waals surface area contributed by atoms with Crippen molar-refractivity contribution < 1.29 is 12.8 Å². The van der Waals surface area contributed by atoms with Crippen molar-refractivity contribution in [3.05, 3.63) is 71.4 Å². The molecule has 8 heteroatoms. The smallest absolute Gasteiger partial charge is 0.415 e. The summed E-state index contributed by atoms with van der Waals surface area (Å²) in [5.41, 5.74) is 1.83. The molecular weight excluding hydrogens is 327 g/mol. The minimum Gasteiger partial charge on any atom is -0.415 e. The third-order valence-corrected chi connectivity index (χ3v) is 4.12. The predicted molar refractivity (Wildman–Crippen MR) is 86.9 cm³/mol. The van der Waals surface area contributed by atoms with E-state index >= 15 is 0 Å². The van der Waals surface area contributed by atoms with E-state index in [-0.39, 0.29) is 34.5 Å². The van der Waals surface area contributed by atoms with E-state index in [9.17, 15) is 13.2 Å². The van der Waals surface area contributed by atoms with E-state index in [0.717, 1.165) is 0 Å². The maximum Gasteiger partial charge on any atom is 0.424 e. The first-order chi connectivity index (χ1) is 10.5. The van der Waals surface area contributed by atoms with Gasteiger partial charge >= 0.3 is 5.76 Å². The first kappa shape index (κ1) is 17.7. The molecule has 0 unspecified atom stereocenters. The van der Waals surface area contributed by atoms with E-state index < -0.39 is 15.8 Å². The Labute approximate surface area is 154 Å². The molecular formula is C15H12N2NaO4S. The molecule has 113 valence electrons. The van der Waals surface area contributed by atoms with E-state index in [1.807, 2.05) is 18.2 Å². The third kappa shape index (κ3) is 3.65.